The maximum Gasteiger partial charge on any atom is 0.123 e. The van der Waals surface area contributed by atoms with Crippen LogP contribution in [0.25, 0.3) is 0 Å². The van der Waals surface area contributed by atoms with Crippen LogP contribution in [0.3, 0.4) is 0 Å². The lowest BCUT2D eigenvalue weighted by Crippen LogP contribution is -2.06. The number of rotatable bonds is 5. The van der Waals surface area contributed by atoms with E-state index in [1.165, 1.54) is 0 Å². The summed E-state index contributed by atoms with van der Waals surface area (Å²) >= 11 is 0. The van der Waals surface area contributed by atoms with Crippen molar-refractivity contribution in [2.45, 2.75) is 13.0 Å². The smallest absolute Gasteiger partial charge is 0.123 e. The molecule has 1 aromatic carbocycles. The highest BCUT2D eigenvalue weighted by atomic mass is 16.5. The second-order valence-corrected chi connectivity index (χ2v) is 3.73. The molecule has 2 N–H and O–H groups in total. The molecule has 88 valence electrons. The van der Waals surface area contributed by atoms with E-state index >= 15 is 0 Å². The van der Waals surface area contributed by atoms with Gasteiger partial charge in [0.25, 0.3) is 0 Å². The van der Waals surface area contributed by atoms with Crippen molar-refractivity contribution in [3.8, 4) is 5.75 Å². The van der Waals surface area contributed by atoms with E-state index in [4.69, 9.17) is 10.5 Å². The van der Waals surface area contributed by atoms with Gasteiger partial charge >= 0.3 is 0 Å². The molecule has 1 aromatic heterocycles. The van der Waals surface area contributed by atoms with Crippen LogP contribution in [0.4, 0.5) is 0 Å². The second kappa shape index (κ2) is 6.01. The predicted octanol–water partition coefficient (Wildman–Crippen LogP) is 2.16. The SMILES string of the molecule is NCc1ccccc1OCCc1ccccn1. The Bertz CT molecular complexity index is 457. The molecule has 0 spiro atoms. The van der Waals surface area contributed by atoms with E-state index in [0.29, 0.717) is 13.2 Å². The van der Waals surface area contributed by atoms with Crippen LogP contribution >= 0.6 is 0 Å². The molecule has 3 nitrogen and oxygen atoms in total. The molecular weight excluding hydrogens is 212 g/mol. The summed E-state index contributed by atoms with van der Waals surface area (Å²) < 4.78 is 5.71. The van der Waals surface area contributed by atoms with Gasteiger partial charge in [-0.05, 0) is 18.2 Å². The molecule has 0 saturated carbocycles. The zero-order valence-electron chi connectivity index (χ0n) is 9.67. The zero-order chi connectivity index (χ0) is 11.9. The molecule has 0 unspecified atom stereocenters. The normalized spacial score (nSPS) is 10.2. The molecule has 0 bridgehead atoms. The molecule has 0 atom stereocenters. The number of aromatic nitrogens is 1. The van der Waals surface area contributed by atoms with Gasteiger partial charge in [0.2, 0.25) is 0 Å². The summed E-state index contributed by atoms with van der Waals surface area (Å²) in [5.74, 6) is 0.867. The van der Waals surface area contributed by atoms with Crippen LogP contribution in [0, 0.1) is 0 Å². The Kier molecular flexibility index (Phi) is 4.11. The van der Waals surface area contributed by atoms with Crippen LogP contribution in [-0.4, -0.2) is 11.6 Å². The molecular formula is C14H16N2O. The molecule has 2 rings (SSSR count). The summed E-state index contributed by atoms with van der Waals surface area (Å²) in [5.41, 5.74) is 7.72. The van der Waals surface area contributed by atoms with Crippen molar-refractivity contribution in [3.05, 3.63) is 59.9 Å². The lowest BCUT2D eigenvalue weighted by molar-refractivity contribution is 0.317. The molecule has 0 aliphatic heterocycles. The average Bonchev–Trinajstić information content (AvgIpc) is 2.40. The lowest BCUT2D eigenvalue weighted by atomic mass is 10.2. The molecule has 0 fully saturated rings. The Hall–Kier alpha value is -1.87. The quantitative estimate of drug-likeness (QED) is 0.853. The summed E-state index contributed by atoms with van der Waals surface area (Å²) in [5, 5.41) is 0. The topological polar surface area (TPSA) is 48.1 Å². The Labute approximate surface area is 101 Å². The zero-order valence-corrected chi connectivity index (χ0v) is 9.67. The average molecular weight is 228 g/mol. The number of hydrogen-bond donors (Lipinski definition) is 1. The third-order valence-electron chi connectivity index (χ3n) is 2.53. The Morgan fingerprint density at radius 2 is 1.88 bits per heavy atom. The van der Waals surface area contributed by atoms with Crippen molar-refractivity contribution in [2.24, 2.45) is 5.73 Å². The molecule has 3 heteroatoms. The fourth-order valence-corrected chi connectivity index (χ4v) is 1.62. The van der Waals surface area contributed by atoms with E-state index in [2.05, 4.69) is 4.98 Å². The standard InChI is InChI=1S/C14H16N2O/c15-11-12-5-1-2-7-14(12)17-10-8-13-6-3-4-9-16-13/h1-7,9H,8,10-11,15H2. The number of nitrogens with zero attached hydrogens (tertiary/aromatic N) is 1. The van der Waals surface area contributed by atoms with E-state index in [9.17, 15) is 0 Å². The van der Waals surface area contributed by atoms with Gasteiger partial charge in [-0.1, -0.05) is 24.3 Å². The van der Waals surface area contributed by atoms with E-state index in [1.807, 2.05) is 42.5 Å². The molecule has 0 radical (unpaired) electrons. The summed E-state index contributed by atoms with van der Waals surface area (Å²) in [6.07, 6.45) is 2.60. The summed E-state index contributed by atoms with van der Waals surface area (Å²) in [6, 6.07) is 13.7. The van der Waals surface area contributed by atoms with Crippen LogP contribution in [0.2, 0.25) is 0 Å². The van der Waals surface area contributed by atoms with Gasteiger partial charge < -0.3 is 10.5 Å². The first-order valence-electron chi connectivity index (χ1n) is 5.71. The van der Waals surface area contributed by atoms with Crippen LogP contribution in [0.1, 0.15) is 11.3 Å². The van der Waals surface area contributed by atoms with Crippen molar-refractivity contribution in [1.82, 2.24) is 4.98 Å². The first-order chi connectivity index (χ1) is 8.40. The third kappa shape index (κ3) is 3.29. The van der Waals surface area contributed by atoms with Gasteiger partial charge in [0.05, 0.1) is 6.61 Å². The minimum Gasteiger partial charge on any atom is -0.493 e. The Morgan fingerprint density at radius 3 is 2.65 bits per heavy atom. The van der Waals surface area contributed by atoms with Crippen LogP contribution in [-0.2, 0) is 13.0 Å². The van der Waals surface area contributed by atoms with E-state index < -0.39 is 0 Å². The molecule has 0 aliphatic rings. The van der Waals surface area contributed by atoms with Gasteiger partial charge in [-0.3, -0.25) is 4.98 Å². The van der Waals surface area contributed by atoms with Gasteiger partial charge in [-0.2, -0.15) is 0 Å². The van der Waals surface area contributed by atoms with E-state index in [0.717, 1.165) is 23.4 Å². The number of para-hydroxylation sites is 1. The highest BCUT2D eigenvalue weighted by Gasteiger charge is 2.00. The first-order valence-corrected chi connectivity index (χ1v) is 5.71. The summed E-state index contributed by atoms with van der Waals surface area (Å²) in [6.45, 7) is 1.12. The van der Waals surface area contributed by atoms with Crippen molar-refractivity contribution in [1.29, 1.82) is 0 Å². The number of benzene rings is 1. The fourth-order valence-electron chi connectivity index (χ4n) is 1.62. The third-order valence-corrected chi connectivity index (χ3v) is 2.53. The summed E-state index contributed by atoms with van der Waals surface area (Å²) in [4.78, 5) is 4.25. The van der Waals surface area contributed by atoms with Crippen LogP contribution in [0.15, 0.2) is 48.7 Å². The van der Waals surface area contributed by atoms with Crippen molar-refractivity contribution < 1.29 is 4.74 Å². The fraction of sp³-hybridized carbons (Fsp3) is 0.214. The molecule has 17 heavy (non-hydrogen) atoms. The van der Waals surface area contributed by atoms with Crippen molar-refractivity contribution in [2.75, 3.05) is 6.61 Å². The highest BCUT2D eigenvalue weighted by Crippen LogP contribution is 2.17. The van der Waals surface area contributed by atoms with E-state index in [-0.39, 0.29) is 0 Å². The second-order valence-electron chi connectivity index (χ2n) is 3.73. The minimum absolute atomic E-state index is 0.500. The van der Waals surface area contributed by atoms with Gasteiger partial charge in [-0.15, -0.1) is 0 Å². The van der Waals surface area contributed by atoms with E-state index in [1.54, 1.807) is 6.20 Å². The van der Waals surface area contributed by atoms with Gasteiger partial charge in [-0.25, -0.2) is 0 Å². The van der Waals surface area contributed by atoms with Gasteiger partial charge in [0, 0.05) is 30.4 Å². The number of hydrogen-bond acceptors (Lipinski definition) is 3. The maximum atomic E-state index is 5.71. The van der Waals surface area contributed by atoms with Crippen molar-refractivity contribution in [3.63, 3.8) is 0 Å². The lowest BCUT2D eigenvalue weighted by Gasteiger charge is -2.09. The highest BCUT2D eigenvalue weighted by molar-refractivity contribution is 5.33. The number of pyridine rings is 1. The van der Waals surface area contributed by atoms with Gasteiger partial charge in [0.15, 0.2) is 0 Å². The monoisotopic (exact) mass is 228 g/mol. The predicted molar refractivity (Wildman–Crippen MR) is 67.8 cm³/mol. The number of nitrogens with two attached hydrogens (primary N) is 1. The molecule has 0 amide bonds. The minimum atomic E-state index is 0.500. The molecule has 0 saturated heterocycles. The number of ether oxygens (including phenoxy) is 1. The first kappa shape index (κ1) is 11.6. The van der Waals surface area contributed by atoms with Crippen LogP contribution in [0.5, 0.6) is 5.75 Å². The molecule has 1 heterocycles. The van der Waals surface area contributed by atoms with Gasteiger partial charge in [0.1, 0.15) is 5.75 Å². The maximum absolute atomic E-state index is 5.71. The Balaban J connectivity index is 1.90. The van der Waals surface area contributed by atoms with Crippen LogP contribution < -0.4 is 10.5 Å². The largest absolute Gasteiger partial charge is 0.493 e. The molecule has 2 aromatic rings. The van der Waals surface area contributed by atoms with Crippen molar-refractivity contribution >= 4 is 0 Å². The molecule has 0 aliphatic carbocycles. The Morgan fingerprint density at radius 1 is 1.06 bits per heavy atom. The summed E-state index contributed by atoms with van der Waals surface area (Å²) in [7, 11) is 0.